The van der Waals surface area contributed by atoms with E-state index in [0.29, 0.717) is 32.0 Å². The Morgan fingerprint density at radius 3 is 2.33 bits per heavy atom. The van der Waals surface area contributed by atoms with Gasteiger partial charge in [-0.05, 0) is 119 Å². The molecule has 1 atom stereocenters. The number of anilines is 1. The molecular formula is C37H50N8O3. The molecule has 4 aliphatic heterocycles. The Hall–Kier alpha value is -3.99. The Labute approximate surface area is 283 Å². The lowest BCUT2D eigenvalue weighted by Gasteiger charge is -2.40. The van der Waals surface area contributed by atoms with E-state index in [1.54, 1.807) is 0 Å². The second-order valence-electron chi connectivity index (χ2n) is 14.7. The summed E-state index contributed by atoms with van der Waals surface area (Å²) >= 11 is 0. The molecular weight excluding hydrogens is 604 g/mol. The molecule has 4 aliphatic rings. The van der Waals surface area contributed by atoms with Gasteiger partial charge in [-0.15, -0.1) is 5.10 Å². The molecule has 11 heteroatoms. The standard InChI is InChI=1S/C37H50N8O3/c1-25-21-26(23-33-35(25)40-41-39-33)22-30(36(47)44-16-9-28(10-17-44)27-7-14-42(2)15-8-27)24-34(46)43-18-12-31(13-19-43)45-20-11-29-5-3-4-6-32(29)38-37(45)48/h3-6,21,23,27-28,30-31H,7-20,22,24H2,1-2H3,(H,38,48)(H,39,40,41). The number of aromatic nitrogens is 3. The van der Waals surface area contributed by atoms with Crippen LogP contribution in [0.15, 0.2) is 36.4 Å². The van der Waals surface area contributed by atoms with Crippen LogP contribution in [-0.4, -0.2) is 112 Å². The SMILES string of the molecule is Cc1cc(CC(CC(=O)N2CCC(N3CCc4ccccc4NC3=O)CC2)C(=O)N2CCC(C3CCN(C)CC3)CC2)cc2nn[nH]c12. The maximum atomic E-state index is 14.2. The number of nitrogens with zero attached hydrogens (tertiary/aromatic N) is 6. The van der Waals surface area contributed by atoms with Gasteiger partial charge in [-0.1, -0.05) is 29.5 Å². The minimum Gasteiger partial charge on any atom is -0.343 e. The molecule has 0 spiro atoms. The Morgan fingerprint density at radius 1 is 0.896 bits per heavy atom. The maximum Gasteiger partial charge on any atom is 0.322 e. The number of aryl methyl sites for hydroxylation is 1. The number of urea groups is 1. The van der Waals surface area contributed by atoms with Crippen LogP contribution in [0, 0.1) is 24.7 Å². The zero-order valence-corrected chi connectivity index (χ0v) is 28.5. The van der Waals surface area contributed by atoms with E-state index in [1.807, 2.05) is 45.9 Å². The molecule has 3 saturated heterocycles. The van der Waals surface area contributed by atoms with Crippen LogP contribution in [0.1, 0.15) is 61.6 Å². The minimum absolute atomic E-state index is 0.0278. The first kappa shape index (κ1) is 32.6. The molecule has 256 valence electrons. The Balaban J connectivity index is 0.996. The van der Waals surface area contributed by atoms with Crippen LogP contribution in [0.5, 0.6) is 0 Å². The molecule has 1 aromatic heterocycles. The molecule has 4 amide bonds. The number of nitrogens with one attached hydrogen (secondary N) is 2. The number of hydrogen-bond acceptors (Lipinski definition) is 6. The number of fused-ring (bicyclic) bond motifs is 2. The quantitative estimate of drug-likeness (QED) is 0.388. The van der Waals surface area contributed by atoms with Gasteiger partial charge in [0, 0.05) is 50.9 Å². The minimum atomic E-state index is -0.436. The molecule has 7 rings (SSSR count). The van der Waals surface area contributed by atoms with Crippen molar-refractivity contribution in [1.29, 1.82) is 0 Å². The highest BCUT2D eigenvalue weighted by Gasteiger charge is 2.36. The maximum absolute atomic E-state index is 14.2. The monoisotopic (exact) mass is 654 g/mol. The number of likely N-dealkylation sites (tertiary alicyclic amines) is 3. The number of benzene rings is 2. The first-order valence-electron chi connectivity index (χ1n) is 18.0. The molecule has 0 saturated carbocycles. The Kier molecular flexibility index (Phi) is 9.66. The van der Waals surface area contributed by atoms with Crippen LogP contribution in [-0.2, 0) is 22.4 Å². The van der Waals surface area contributed by atoms with Crippen molar-refractivity contribution in [3.63, 3.8) is 0 Å². The number of amides is 4. The van der Waals surface area contributed by atoms with Crippen molar-refractivity contribution >= 4 is 34.6 Å². The van der Waals surface area contributed by atoms with Gasteiger partial charge in [-0.2, -0.15) is 0 Å². The molecule has 11 nitrogen and oxygen atoms in total. The normalized spacial score (nSPS) is 21.2. The summed E-state index contributed by atoms with van der Waals surface area (Å²) in [6.07, 6.45) is 7.57. The van der Waals surface area contributed by atoms with Gasteiger partial charge in [0.2, 0.25) is 11.8 Å². The van der Waals surface area contributed by atoms with E-state index in [9.17, 15) is 14.4 Å². The van der Waals surface area contributed by atoms with Gasteiger partial charge in [-0.3, -0.25) is 14.7 Å². The van der Waals surface area contributed by atoms with E-state index < -0.39 is 5.92 Å². The van der Waals surface area contributed by atoms with Crippen molar-refractivity contribution < 1.29 is 14.4 Å². The topological polar surface area (TPSA) is 118 Å². The average molecular weight is 655 g/mol. The van der Waals surface area contributed by atoms with Gasteiger partial charge in [0.05, 0.1) is 11.4 Å². The van der Waals surface area contributed by atoms with Gasteiger partial charge in [0.15, 0.2) is 0 Å². The molecule has 0 radical (unpaired) electrons. The predicted octanol–water partition coefficient (Wildman–Crippen LogP) is 4.48. The second-order valence-corrected chi connectivity index (χ2v) is 14.7. The van der Waals surface area contributed by atoms with Crippen LogP contribution in [0.2, 0.25) is 0 Å². The zero-order chi connectivity index (χ0) is 33.2. The van der Waals surface area contributed by atoms with Crippen LogP contribution < -0.4 is 5.32 Å². The number of carbonyl (C=O) groups excluding carboxylic acids is 3. The number of para-hydroxylation sites is 1. The molecule has 5 heterocycles. The molecule has 3 aromatic rings. The van der Waals surface area contributed by atoms with Gasteiger partial charge >= 0.3 is 6.03 Å². The van der Waals surface area contributed by atoms with Crippen molar-refractivity contribution in [2.24, 2.45) is 17.8 Å². The number of hydrogen-bond donors (Lipinski definition) is 2. The highest BCUT2D eigenvalue weighted by molar-refractivity contribution is 5.91. The van der Waals surface area contributed by atoms with E-state index in [-0.39, 0.29) is 30.3 Å². The van der Waals surface area contributed by atoms with Crippen LogP contribution in [0.3, 0.4) is 0 Å². The zero-order valence-electron chi connectivity index (χ0n) is 28.5. The van der Waals surface area contributed by atoms with E-state index >= 15 is 0 Å². The van der Waals surface area contributed by atoms with Gasteiger partial charge in [0.25, 0.3) is 0 Å². The summed E-state index contributed by atoms with van der Waals surface area (Å²) < 4.78 is 0. The molecule has 0 aliphatic carbocycles. The summed E-state index contributed by atoms with van der Waals surface area (Å²) in [5.41, 5.74) is 5.76. The van der Waals surface area contributed by atoms with Crippen LogP contribution in [0.25, 0.3) is 11.0 Å². The first-order valence-corrected chi connectivity index (χ1v) is 18.0. The van der Waals surface area contributed by atoms with E-state index in [0.717, 1.165) is 84.5 Å². The fraction of sp³-hybridized carbons (Fsp3) is 0.595. The van der Waals surface area contributed by atoms with Crippen LogP contribution >= 0.6 is 0 Å². The lowest BCUT2D eigenvalue weighted by atomic mass is 9.78. The Morgan fingerprint density at radius 2 is 1.58 bits per heavy atom. The number of carbonyl (C=O) groups is 3. The summed E-state index contributed by atoms with van der Waals surface area (Å²) in [6.45, 7) is 7.75. The third-order valence-electron chi connectivity index (χ3n) is 11.6. The molecule has 2 N–H and O–H groups in total. The molecule has 48 heavy (non-hydrogen) atoms. The number of aromatic amines is 1. The van der Waals surface area contributed by atoms with E-state index in [1.165, 1.54) is 25.9 Å². The number of piperidine rings is 3. The Bertz CT molecular complexity index is 1620. The third kappa shape index (κ3) is 7.06. The van der Waals surface area contributed by atoms with Gasteiger partial charge < -0.3 is 24.9 Å². The third-order valence-corrected chi connectivity index (χ3v) is 11.6. The van der Waals surface area contributed by atoms with Crippen molar-refractivity contribution in [2.45, 2.75) is 70.8 Å². The second kappa shape index (κ2) is 14.2. The fourth-order valence-electron chi connectivity index (χ4n) is 8.70. The summed E-state index contributed by atoms with van der Waals surface area (Å²) in [4.78, 5) is 49.6. The van der Waals surface area contributed by atoms with Gasteiger partial charge in [0.1, 0.15) is 5.52 Å². The molecule has 3 fully saturated rings. The largest absolute Gasteiger partial charge is 0.343 e. The molecule has 1 unspecified atom stereocenters. The van der Waals surface area contributed by atoms with Gasteiger partial charge in [-0.25, -0.2) is 4.79 Å². The summed E-state index contributed by atoms with van der Waals surface area (Å²) in [5.74, 6) is 1.13. The number of H-pyrrole nitrogens is 1. The van der Waals surface area contributed by atoms with E-state index in [4.69, 9.17) is 0 Å². The first-order chi connectivity index (χ1) is 23.3. The van der Waals surface area contributed by atoms with Crippen molar-refractivity contribution in [1.82, 2.24) is 35.0 Å². The van der Waals surface area contributed by atoms with Crippen molar-refractivity contribution in [3.05, 3.63) is 53.1 Å². The highest BCUT2D eigenvalue weighted by atomic mass is 16.2. The smallest absolute Gasteiger partial charge is 0.322 e. The summed E-state index contributed by atoms with van der Waals surface area (Å²) in [5, 5.41) is 14.2. The number of rotatable bonds is 7. The molecule has 2 aromatic carbocycles. The van der Waals surface area contributed by atoms with Crippen molar-refractivity contribution in [2.75, 3.05) is 58.2 Å². The fourth-order valence-corrected chi connectivity index (χ4v) is 8.70. The average Bonchev–Trinajstić information content (AvgIpc) is 3.52. The predicted molar refractivity (Wildman–Crippen MR) is 185 cm³/mol. The molecule has 0 bridgehead atoms. The lowest BCUT2D eigenvalue weighted by molar-refractivity contribution is -0.143. The van der Waals surface area contributed by atoms with Crippen LogP contribution in [0.4, 0.5) is 10.5 Å². The lowest BCUT2D eigenvalue weighted by Crippen LogP contribution is -2.50. The van der Waals surface area contributed by atoms with E-state index in [2.05, 4.69) is 44.8 Å². The summed E-state index contributed by atoms with van der Waals surface area (Å²) in [6, 6.07) is 12.1. The van der Waals surface area contributed by atoms with Crippen molar-refractivity contribution in [3.8, 4) is 0 Å². The highest BCUT2D eigenvalue weighted by Crippen LogP contribution is 2.33. The summed E-state index contributed by atoms with van der Waals surface area (Å²) in [7, 11) is 2.20.